The molecular formula is C19H21FN2O2. The van der Waals surface area contributed by atoms with Gasteiger partial charge in [-0.15, -0.1) is 0 Å². The Morgan fingerprint density at radius 2 is 2.04 bits per heavy atom. The summed E-state index contributed by atoms with van der Waals surface area (Å²) in [5.41, 5.74) is 1.16. The highest BCUT2D eigenvalue weighted by Crippen LogP contribution is 2.36. The monoisotopic (exact) mass is 328 g/mol. The first kappa shape index (κ1) is 15.5. The van der Waals surface area contributed by atoms with E-state index in [0.29, 0.717) is 6.61 Å². The number of ether oxygens (including phenoxy) is 2. The van der Waals surface area contributed by atoms with Crippen LogP contribution in [0.1, 0.15) is 18.4 Å². The van der Waals surface area contributed by atoms with Crippen molar-refractivity contribution in [3.63, 3.8) is 0 Å². The molecule has 1 aromatic heterocycles. The molecule has 0 amide bonds. The summed E-state index contributed by atoms with van der Waals surface area (Å²) in [4.78, 5) is 6.36. The molecule has 0 radical (unpaired) electrons. The average molecular weight is 328 g/mol. The van der Waals surface area contributed by atoms with E-state index in [4.69, 9.17) is 9.47 Å². The van der Waals surface area contributed by atoms with Crippen LogP contribution in [0.15, 0.2) is 48.7 Å². The summed E-state index contributed by atoms with van der Waals surface area (Å²) in [6.45, 7) is 3.38. The van der Waals surface area contributed by atoms with Gasteiger partial charge in [0.05, 0.1) is 12.2 Å². The quantitative estimate of drug-likeness (QED) is 0.864. The number of hydrogen-bond donors (Lipinski definition) is 0. The van der Waals surface area contributed by atoms with Crippen LogP contribution in [-0.4, -0.2) is 41.3 Å². The SMILES string of the molecule is Fc1cccnc1OC1CCOC2(C1)CN(Cc1ccccc1)C2. The molecule has 1 atom stereocenters. The molecule has 3 heterocycles. The summed E-state index contributed by atoms with van der Waals surface area (Å²) in [7, 11) is 0. The molecule has 1 unspecified atom stereocenters. The minimum absolute atomic E-state index is 0.0398. The molecule has 2 saturated heterocycles. The fourth-order valence-electron chi connectivity index (χ4n) is 3.64. The lowest BCUT2D eigenvalue weighted by atomic mass is 9.84. The Hall–Kier alpha value is -1.98. The minimum Gasteiger partial charge on any atom is -0.472 e. The van der Waals surface area contributed by atoms with Gasteiger partial charge in [0.1, 0.15) is 6.10 Å². The zero-order chi connectivity index (χ0) is 16.4. The lowest BCUT2D eigenvalue weighted by Crippen LogP contribution is -2.65. The van der Waals surface area contributed by atoms with Crippen LogP contribution in [-0.2, 0) is 11.3 Å². The molecule has 2 aliphatic heterocycles. The predicted molar refractivity (Wildman–Crippen MR) is 88.2 cm³/mol. The minimum atomic E-state index is -0.405. The standard InChI is InChI=1S/C19H21FN2O2/c20-17-7-4-9-21-18(17)24-16-8-10-23-19(11-16)13-22(14-19)12-15-5-2-1-3-6-15/h1-7,9,16H,8,10-14H2. The fourth-order valence-corrected chi connectivity index (χ4v) is 3.64. The zero-order valence-corrected chi connectivity index (χ0v) is 13.5. The van der Waals surface area contributed by atoms with Crippen LogP contribution in [0.4, 0.5) is 4.39 Å². The molecule has 24 heavy (non-hydrogen) atoms. The van der Waals surface area contributed by atoms with Gasteiger partial charge < -0.3 is 9.47 Å². The van der Waals surface area contributed by atoms with Crippen LogP contribution in [0, 0.1) is 5.82 Å². The van der Waals surface area contributed by atoms with Gasteiger partial charge in [-0.1, -0.05) is 30.3 Å². The molecule has 0 aliphatic carbocycles. The molecule has 2 fully saturated rings. The number of hydrogen-bond acceptors (Lipinski definition) is 4. The first-order valence-electron chi connectivity index (χ1n) is 8.40. The number of halogens is 1. The topological polar surface area (TPSA) is 34.6 Å². The Morgan fingerprint density at radius 1 is 1.21 bits per heavy atom. The second-order valence-electron chi connectivity index (χ2n) is 6.69. The van der Waals surface area contributed by atoms with Crippen LogP contribution in [0.5, 0.6) is 5.88 Å². The largest absolute Gasteiger partial charge is 0.472 e. The molecule has 1 spiro atoms. The van der Waals surface area contributed by atoms with E-state index in [-0.39, 0.29) is 17.6 Å². The van der Waals surface area contributed by atoms with Crippen molar-refractivity contribution in [1.29, 1.82) is 0 Å². The van der Waals surface area contributed by atoms with Gasteiger partial charge in [-0.25, -0.2) is 9.37 Å². The van der Waals surface area contributed by atoms with Gasteiger partial charge in [0.15, 0.2) is 5.82 Å². The first-order valence-corrected chi connectivity index (χ1v) is 8.40. The number of aromatic nitrogens is 1. The Balaban J connectivity index is 1.34. The third kappa shape index (κ3) is 3.28. The van der Waals surface area contributed by atoms with E-state index in [1.54, 1.807) is 12.3 Å². The van der Waals surface area contributed by atoms with E-state index in [1.807, 2.05) is 6.07 Å². The third-order valence-corrected chi connectivity index (χ3v) is 4.72. The van der Waals surface area contributed by atoms with Crippen molar-refractivity contribution in [3.8, 4) is 5.88 Å². The van der Waals surface area contributed by atoms with Crippen LogP contribution >= 0.6 is 0 Å². The summed E-state index contributed by atoms with van der Waals surface area (Å²) in [6, 6.07) is 13.4. The lowest BCUT2D eigenvalue weighted by Gasteiger charge is -2.53. The molecule has 0 N–H and O–H groups in total. The van der Waals surface area contributed by atoms with Gasteiger partial charge in [0, 0.05) is 38.7 Å². The summed E-state index contributed by atoms with van der Waals surface area (Å²) in [5, 5.41) is 0. The zero-order valence-electron chi connectivity index (χ0n) is 13.5. The van der Waals surface area contributed by atoms with Crippen molar-refractivity contribution >= 4 is 0 Å². The highest BCUT2D eigenvalue weighted by Gasteiger charge is 2.48. The maximum atomic E-state index is 13.7. The molecule has 126 valence electrons. The van der Waals surface area contributed by atoms with Crippen molar-refractivity contribution in [2.75, 3.05) is 19.7 Å². The Kier molecular flexibility index (Phi) is 4.21. The van der Waals surface area contributed by atoms with E-state index < -0.39 is 5.82 Å². The molecule has 0 saturated carbocycles. The van der Waals surface area contributed by atoms with Gasteiger partial charge in [-0.05, 0) is 17.7 Å². The lowest BCUT2D eigenvalue weighted by molar-refractivity contribution is -0.188. The van der Waals surface area contributed by atoms with E-state index in [2.05, 4.69) is 34.1 Å². The van der Waals surface area contributed by atoms with Crippen LogP contribution in [0.25, 0.3) is 0 Å². The van der Waals surface area contributed by atoms with Crippen LogP contribution < -0.4 is 4.74 Å². The number of rotatable bonds is 4. The van der Waals surface area contributed by atoms with Crippen molar-refractivity contribution < 1.29 is 13.9 Å². The molecule has 5 heteroatoms. The van der Waals surface area contributed by atoms with Gasteiger partial charge in [-0.3, -0.25) is 4.90 Å². The van der Waals surface area contributed by atoms with Crippen LogP contribution in [0.2, 0.25) is 0 Å². The summed E-state index contributed by atoms with van der Waals surface area (Å²) < 4.78 is 25.5. The van der Waals surface area contributed by atoms with E-state index >= 15 is 0 Å². The van der Waals surface area contributed by atoms with Gasteiger partial charge >= 0.3 is 0 Å². The molecule has 4 nitrogen and oxygen atoms in total. The Morgan fingerprint density at radius 3 is 2.83 bits per heavy atom. The number of benzene rings is 1. The molecule has 4 rings (SSSR count). The second kappa shape index (κ2) is 6.49. The second-order valence-corrected chi connectivity index (χ2v) is 6.69. The van der Waals surface area contributed by atoms with E-state index in [9.17, 15) is 4.39 Å². The van der Waals surface area contributed by atoms with Gasteiger partial charge in [0.25, 0.3) is 5.88 Å². The Bertz CT molecular complexity index is 689. The maximum Gasteiger partial charge on any atom is 0.250 e. The molecule has 2 aromatic rings. The van der Waals surface area contributed by atoms with Gasteiger partial charge in [-0.2, -0.15) is 0 Å². The highest BCUT2D eigenvalue weighted by atomic mass is 19.1. The summed E-state index contributed by atoms with van der Waals surface area (Å²) in [5.74, 6) is -0.308. The van der Waals surface area contributed by atoms with Crippen molar-refractivity contribution in [2.45, 2.75) is 31.1 Å². The highest BCUT2D eigenvalue weighted by molar-refractivity contribution is 5.17. The normalized spacial score (nSPS) is 23.0. The third-order valence-electron chi connectivity index (χ3n) is 4.72. The molecule has 2 aliphatic rings. The fraction of sp³-hybridized carbons (Fsp3) is 0.421. The molecule has 1 aromatic carbocycles. The Labute approximate surface area is 141 Å². The average Bonchev–Trinajstić information content (AvgIpc) is 2.57. The summed E-state index contributed by atoms with van der Waals surface area (Å²) >= 11 is 0. The first-order chi connectivity index (χ1) is 11.7. The molecular weight excluding hydrogens is 307 g/mol. The molecule has 0 bridgehead atoms. The van der Waals surface area contributed by atoms with Crippen molar-refractivity contribution in [3.05, 3.63) is 60.0 Å². The number of likely N-dealkylation sites (tertiary alicyclic amines) is 1. The van der Waals surface area contributed by atoms with Crippen molar-refractivity contribution in [2.24, 2.45) is 0 Å². The van der Waals surface area contributed by atoms with E-state index in [0.717, 1.165) is 32.5 Å². The van der Waals surface area contributed by atoms with Crippen LogP contribution in [0.3, 0.4) is 0 Å². The number of pyridine rings is 1. The maximum absolute atomic E-state index is 13.7. The summed E-state index contributed by atoms with van der Waals surface area (Å²) in [6.07, 6.45) is 3.07. The van der Waals surface area contributed by atoms with Crippen molar-refractivity contribution in [1.82, 2.24) is 9.88 Å². The number of nitrogens with zero attached hydrogens (tertiary/aromatic N) is 2. The smallest absolute Gasteiger partial charge is 0.250 e. The van der Waals surface area contributed by atoms with E-state index in [1.165, 1.54) is 11.6 Å². The van der Waals surface area contributed by atoms with Gasteiger partial charge in [0.2, 0.25) is 0 Å². The predicted octanol–water partition coefficient (Wildman–Crippen LogP) is 3.03.